The number of rotatable bonds is 4. The molecule has 0 bridgehead atoms. The number of para-hydroxylation sites is 1. The lowest BCUT2D eigenvalue weighted by Gasteiger charge is -2.10. The van der Waals surface area contributed by atoms with Crippen LogP contribution < -0.4 is 10.5 Å². The standard InChI is InChI=1S/C13H16N4O3S/c1-9-7-10(2)17(16-9)8-13(18)15-11-5-3-4-6-12(11)21(14,19)20/h3-7H,8H2,1-2H3,(H,15,18)(H2,14,19,20). The van der Waals surface area contributed by atoms with Crippen molar-refractivity contribution in [3.05, 3.63) is 41.7 Å². The monoisotopic (exact) mass is 308 g/mol. The summed E-state index contributed by atoms with van der Waals surface area (Å²) >= 11 is 0. The molecule has 0 unspecified atom stereocenters. The number of primary sulfonamides is 1. The van der Waals surface area contributed by atoms with Gasteiger partial charge in [0.05, 0.1) is 11.4 Å². The van der Waals surface area contributed by atoms with E-state index in [1.807, 2.05) is 19.9 Å². The molecule has 0 aliphatic rings. The van der Waals surface area contributed by atoms with Crippen molar-refractivity contribution < 1.29 is 13.2 Å². The van der Waals surface area contributed by atoms with Gasteiger partial charge < -0.3 is 5.32 Å². The molecule has 1 amide bonds. The van der Waals surface area contributed by atoms with Crippen LogP contribution in [0.3, 0.4) is 0 Å². The highest BCUT2D eigenvalue weighted by Crippen LogP contribution is 2.19. The second-order valence-corrected chi connectivity index (χ2v) is 6.20. The summed E-state index contributed by atoms with van der Waals surface area (Å²) in [6.07, 6.45) is 0. The molecule has 0 aliphatic carbocycles. The first-order valence-corrected chi connectivity index (χ1v) is 7.75. The molecule has 3 N–H and O–H groups in total. The molecule has 7 nitrogen and oxygen atoms in total. The summed E-state index contributed by atoms with van der Waals surface area (Å²) in [6.45, 7) is 3.67. The summed E-state index contributed by atoms with van der Waals surface area (Å²) in [4.78, 5) is 11.9. The maximum absolute atomic E-state index is 12.0. The van der Waals surface area contributed by atoms with Crippen molar-refractivity contribution in [3.8, 4) is 0 Å². The molecule has 0 saturated carbocycles. The summed E-state index contributed by atoms with van der Waals surface area (Å²) in [6, 6.07) is 7.84. The van der Waals surface area contributed by atoms with E-state index >= 15 is 0 Å². The van der Waals surface area contributed by atoms with Crippen molar-refractivity contribution in [1.29, 1.82) is 0 Å². The molecule has 1 aromatic heterocycles. The van der Waals surface area contributed by atoms with Crippen LogP contribution in [0, 0.1) is 13.8 Å². The molecule has 8 heteroatoms. The van der Waals surface area contributed by atoms with E-state index in [1.165, 1.54) is 18.2 Å². The average Bonchev–Trinajstić information content (AvgIpc) is 2.67. The Balaban J connectivity index is 2.19. The van der Waals surface area contributed by atoms with E-state index in [0.717, 1.165) is 11.4 Å². The number of nitrogens with two attached hydrogens (primary N) is 1. The van der Waals surface area contributed by atoms with Crippen LogP contribution in [0.15, 0.2) is 35.2 Å². The normalized spacial score (nSPS) is 11.4. The van der Waals surface area contributed by atoms with Crippen molar-refractivity contribution in [2.75, 3.05) is 5.32 Å². The number of aromatic nitrogens is 2. The Kier molecular flexibility index (Phi) is 4.10. The predicted molar refractivity (Wildman–Crippen MR) is 78.1 cm³/mol. The van der Waals surface area contributed by atoms with Crippen LogP contribution in [0.1, 0.15) is 11.4 Å². The number of anilines is 1. The number of nitrogens with one attached hydrogen (secondary N) is 1. The lowest BCUT2D eigenvalue weighted by atomic mass is 10.3. The molecule has 21 heavy (non-hydrogen) atoms. The van der Waals surface area contributed by atoms with Crippen LogP contribution in [-0.4, -0.2) is 24.1 Å². The molecular weight excluding hydrogens is 292 g/mol. The fourth-order valence-corrected chi connectivity index (χ4v) is 2.67. The van der Waals surface area contributed by atoms with Gasteiger partial charge in [-0.2, -0.15) is 5.10 Å². The zero-order chi connectivity index (χ0) is 15.6. The Morgan fingerprint density at radius 2 is 2.00 bits per heavy atom. The van der Waals surface area contributed by atoms with Crippen LogP contribution in [-0.2, 0) is 21.4 Å². The van der Waals surface area contributed by atoms with Crippen molar-refractivity contribution in [3.63, 3.8) is 0 Å². The Morgan fingerprint density at radius 1 is 1.33 bits per heavy atom. The number of carbonyl (C=O) groups is 1. The van der Waals surface area contributed by atoms with Crippen molar-refractivity contribution in [2.45, 2.75) is 25.3 Å². The fourth-order valence-electron chi connectivity index (χ4n) is 1.98. The highest BCUT2D eigenvalue weighted by Gasteiger charge is 2.15. The topological polar surface area (TPSA) is 107 Å². The average molecular weight is 308 g/mol. The van der Waals surface area contributed by atoms with E-state index < -0.39 is 10.0 Å². The van der Waals surface area contributed by atoms with Crippen molar-refractivity contribution in [2.24, 2.45) is 5.14 Å². The van der Waals surface area contributed by atoms with Gasteiger partial charge in [0, 0.05) is 5.69 Å². The van der Waals surface area contributed by atoms with Crippen LogP contribution in [0.25, 0.3) is 0 Å². The minimum Gasteiger partial charge on any atom is -0.323 e. The van der Waals surface area contributed by atoms with E-state index in [2.05, 4.69) is 10.4 Å². The zero-order valence-electron chi connectivity index (χ0n) is 11.7. The molecule has 0 radical (unpaired) electrons. The molecule has 1 heterocycles. The number of aryl methyl sites for hydroxylation is 2. The first kappa shape index (κ1) is 15.2. The Hall–Kier alpha value is -2.19. The van der Waals surface area contributed by atoms with Gasteiger partial charge in [-0.3, -0.25) is 9.48 Å². The minimum atomic E-state index is -3.89. The van der Waals surface area contributed by atoms with Gasteiger partial charge in [-0.25, -0.2) is 13.6 Å². The molecule has 112 valence electrons. The van der Waals surface area contributed by atoms with Crippen LogP contribution in [0.5, 0.6) is 0 Å². The Bertz CT molecular complexity index is 780. The number of nitrogens with zero attached hydrogens (tertiary/aromatic N) is 2. The maximum atomic E-state index is 12.0. The first-order valence-electron chi connectivity index (χ1n) is 6.20. The Morgan fingerprint density at radius 3 is 2.57 bits per heavy atom. The molecule has 0 atom stereocenters. The van der Waals surface area contributed by atoms with Crippen molar-refractivity contribution in [1.82, 2.24) is 9.78 Å². The van der Waals surface area contributed by atoms with Crippen molar-refractivity contribution >= 4 is 21.6 Å². The number of carbonyl (C=O) groups excluding carboxylic acids is 1. The van der Waals surface area contributed by atoms with Gasteiger partial charge in [0.15, 0.2) is 0 Å². The van der Waals surface area contributed by atoms with Gasteiger partial charge in [0.25, 0.3) is 0 Å². The van der Waals surface area contributed by atoms with Gasteiger partial charge >= 0.3 is 0 Å². The van der Waals surface area contributed by atoms with Gasteiger partial charge in [-0.1, -0.05) is 12.1 Å². The van der Waals surface area contributed by atoms with Gasteiger partial charge in [-0.15, -0.1) is 0 Å². The number of sulfonamides is 1. The van der Waals surface area contributed by atoms with E-state index in [9.17, 15) is 13.2 Å². The van der Waals surface area contributed by atoms with E-state index in [1.54, 1.807) is 10.7 Å². The third-order valence-electron chi connectivity index (χ3n) is 2.86. The third-order valence-corrected chi connectivity index (χ3v) is 3.83. The van der Waals surface area contributed by atoms with Gasteiger partial charge in [-0.05, 0) is 32.0 Å². The lowest BCUT2D eigenvalue weighted by molar-refractivity contribution is -0.116. The van der Waals surface area contributed by atoms with Gasteiger partial charge in [0.1, 0.15) is 11.4 Å². The highest BCUT2D eigenvalue weighted by atomic mass is 32.2. The molecule has 2 rings (SSSR count). The number of hydrogen-bond donors (Lipinski definition) is 2. The summed E-state index contributed by atoms with van der Waals surface area (Å²) in [7, 11) is -3.89. The second-order valence-electron chi connectivity index (χ2n) is 4.67. The van der Waals surface area contributed by atoms with Gasteiger partial charge in [0.2, 0.25) is 15.9 Å². The van der Waals surface area contributed by atoms with Crippen LogP contribution >= 0.6 is 0 Å². The van der Waals surface area contributed by atoms with Crippen LogP contribution in [0.4, 0.5) is 5.69 Å². The molecule has 2 aromatic rings. The molecule has 1 aromatic carbocycles. The molecule has 0 aliphatic heterocycles. The smallest absolute Gasteiger partial charge is 0.246 e. The minimum absolute atomic E-state index is 0.00136. The number of hydrogen-bond acceptors (Lipinski definition) is 4. The molecular formula is C13H16N4O3S. The summed E-state index contributed by atoms with van der Waals surface area (Å²) in [5.74, 6) is -0.378. The Labute approximate surface area is 122 Å². The summed E-state index contributed by atoms with van der Waals surface area (Å²) in [5.41, 5.74) is 1.82. The summed E-state index contributed by atoms with van der Waals surface area (Å²) in [5, 5.41) is 11.8. The molecule has 0 fully saturated rings. The fraction of sp³-hybridized carbons (Fsp3) is 0.231. The van der Waals surface area contributed by atoms with E-state index in [0.29, 0.717) is 0 Å². The third kappa shape index (κ3) is 3.67. The number of amides is 1. The predicted octanol–water partition coefficient (Wildman–Crippen LogP) is 0.786. The van der Waals surface area contributed by atoms with E-state index in [-0.39, 0.29) is 23.0 Å². The summed E-state index contributed by atoms with van der Waals surface area (Å²) < 4.78 is 24.5. The first-order chi connectivity index (χ1) is 9.77. The molecule has 0 saturated heterocycles. The highest BCUT2D eigenvalue weighted by molar-refractivity contribution is 7.89. The van der Waals surface area contributed by atoms with Crippen LogP contribution in [0.2, 0.25) is 0 Å². The SMILES string of the molecule is Cc1cc(C)n(CC(=O)Nc2ccccc2S(N)(=O)=O)n1. The second kappa shape index (κ2) is 5.66. The maximum Gasteiger partial charge on any atom is 0.246 e. The number of benzene rings is 1. The largest absolute Gasteiger partial charge is 0.323 e. The molecule has 0 spiro atoms. The quantitative estimate of drug-likeness (QED) is 0.870. The lowest BCUT2D eigenvalue weighted by Crippen LogP contribution is -2.22. The van der Waals surface area contributed by atoms with E-state index in [4.69, 9.17) is 5.14 Å². The zero-order valence-corrected chi connectivity index (χ0v) is 12.5.